The summed E-state index contributed by atoms with van der Waals surface area (Å²) in [5.74, 6) is -1.42. The number of carbonyl (C=O) groups excluding carboxylic acids is 2. The van der Waals surface area contributed by atoms with E-state index in [1.807, 2.05) is 30.3 Å². The van der Waals surface area contributed by atoms with Gasteiger partial charge in [-0.2, -0.15) is 0 Å². The topological polar surface area (TPSA) is 161 Å². The maximum Gasteiger partial charge on any atom is 0.453 e. The lowest BCUT2D eigenvalue weighted by atomic mass is 10.0. The predicted molar refractivity (Wildman–Crippen MR) is 178 cm³/mol. The van der Waals surface area contributed by atoms with Crippen LogP contribution in [0.4, 0.5) is 0 Å². The Balaban J connectivity index is 1.44. The maximum absolute atomic E-state index is 14.9. The number of rotatable bonds is 13. The lowest BCUT2D eigenvalue weighted by Crippen LogP contribution is -2.53. The third kappa shape index (κ3) is 8.21. The molecule has 10 nitrogen and oxygen atoms in total. The third-order valence-corrected chi connectivity index (χ3v) is 9.80. The highest BCUT2D eigenvalue weighted by atomic mass is 31.2. The van der Waals surface area contributed by atoms with Crippen LogP contribution >= 0.6 is 7.60 Å². The SMILES string of the molecule is N=C(N)c1ccc(C[C@H](NC(=O)[C@@H]2CCCN2C(=O)[C@@H](N)Cc2ccccc2)P(=O)(Oc2ccccc2)Oc2ccccc2)cc1. The molecule has 238 valence electrons. The van der Waals surface area contributed by atoms with E-state index < -0.39 is 31.4 Å². The number of nitrogens with one attached hydrogen (secondary N) is 2. The van der Waals surface area contributed by atoms with Crippen LogP contribution in [0.15, 0.2) is 115 Å². The Hall–Kier alpha value is -4.92. The molecule has 0 unspecified atom stereocenters. The predicted octanol–water partition coefficient (Wildman–Crippen LogP) is 4.87. The molecule has 1 heterocycles. The number of hydrogen-bond donors (Lipinski definition) is 4. The van der Waals surface area contributed by atoms with Crippen molar-refractivity contribution in [2.45, 2.75) is 43.5 Å². The summed E-state index contributed by atoms with van der Waals surface area (Å²) in [5.41, 5.74) is 14.1. The van der Waals surface area contributed by atoms with Gasteiger partial charge in [-0.05, 0) is 54.7 Å². The number of nitrogen functional groups attached to an aromatic ring is 1. The van der Waals surface area contributed by atoms with E-state index in [4.69, 9.17) is 25.9 Å². The van der Waals surface area contributed by atoms with Gasteiger partial charge in [0.25, 0.3) is 0 Å². The second kappa shape index (κ2) is 14.9. The van der Waals surface area contributed by atoms with Crippen LogP contribution in [0.25, 0.3) is 0 Å². The second-order valence-electron chi connectivity index (χ2n) is 11.2. The van der Waals surface area contributed by atoms with Crippen LogP contribution in [-0.4, -0.2) is 47.0 Å². The maximum atomic E-state index is 14.9. The summed E-state index contributed by atoms with van der Waals surface area (Å²) in [6, 6.07) is 32.0. The number of likely N-dealkylation sites (tertiary alicyclic amines) is 1. The van der Waals surface area contributed by atoms with Crippen molar-refractivity contribution in [1.29, 1.82) is 5.41 Å². The van der Waals surface area contributed by atoms with Crippen molar-refractivity contribution in [3.8, 4) is 11.5 Å². The minimum absolute atomic E-state index is 0.0645. The minimum atomic E-state index is -4.20. The first kappa shape index (κ1) is 32.5. The average molecular weight is 640 g/mol. The van der Waals surface area contributed by atoms with Crippen molar-refractivity contribution in [2.75, 3.05) is 6.54 Å². The molecule has 0 radical (unpaired) electrons. The molecule has 1 aliphatic heterocycles. The Morgan fingerprint density at radius 2 is 1.35 bits per heavy atom. The number of benzene rings is 4. The van der Waals surface area contributed by atoms with Crippen LogP contribution in [-0.2, 0) is 27.0 Å². The Morgan fingerprint density at radius 3 is 1.89 bits per heavy atom. The van der Waals surface area contributed by atoms with Crippen molar-refractivity contribution >= 4 is 25.2 Å². The highest BCUT2D eigenvalue weighted by Gasteiger charge is 2.44. The van der Waals surface area contributed by atoms with E-state index in [9.17, 15) is 14.2 Å². The average Bonchev–Trinajstić information content (AvgIpc) is 3.56. The lowest BCUT2D eigenvalue weighted by molar-refractivity contribution is -0.139. The Morgan fingerprint density at radius 1 is 0.826 bits per heavy atom. The second-order valence-corrected chi connectivity index (χ2v) is 13.2. The molecule has 6 N–H and O–H groups in total. The normalized spacial score (nSPS) is 15.8. The quantitative estimate of drug-likeness (QED) is 0.0922. The Labute approximate surface area is 268 Å². The van der Waals surface area contributed by atoms with E-state index in [0.717, 1.165) is 5.56 Å². The van der Waals surface area contributed by atoms with Gasteiger partial charge in [0.05, 0.1) is 6.04 Å². The number of nitrogens with two attached hydrogens (primary N) is 2. The smallest absolute Gasteiger partial charge is 0.415 e. The third-order valence-electron chi connectivity index (χ3n) is 7.79. The molecule has 11 heteroatoms. The molecular formula is C35H38N5O5P. The van der Waals surface area contributed by atoms with Crippen molar-refractivity contribution in [3.05, 3.63) is 132 Å². The van der Waals surface area contributed by atoms with Gasteiger partial charge >= 0.3 is 7.60 Å². The molecule has 1 aliphatic rings. The summed E-state index contributed by atoms with van der Waals surface area (Å²) < 4.78 is 27.1. The first-order chi connectivity index (χ1) is 22.2. The van der Waals surface area contributed by atoms with Gasteiger partial charge in [-0.1, -0.05) is 91.0 Å². The van der Waals surface area contributed by atoms with Crippen LogP contribution < -0.4 is 25.8 Å². The summed E-state index contributed by atoms with van der Waals surface area (Å²) in [7, 11) is -4.20. The van der Waals surface area contributed by atoms with Gasteiger partial charge in [0.2, 0.25) is 11.8 Å². The molecule has 1 saturated heterocycles. The van der Waals surface area contributed by atoms with E-state index in [2.05, 4.69) is 5.32 Å². The molecule has 0 aliphatic carbocycles. The number of amidine groups is 1. The standard InChI is InChI=1S/C35H38N5O5P/c36-30(23-25-11-4-1-5-12-25)35(42)40-22-10-17-31(40)34(41)39-32(24-26-18-20-27(21-19-26)33(37)38)46(43,44-28-13-6-2-7-14-28)45-29-15-8-3-9-16-29/h1-9,11-16,18-21,30-32H,10,17,22-24,36H2,(H3,37,38)(H,39,41)/t30-,31-,32+/m0/s1. The summed E-state index contributed by atoms with van der Waals surface area (Å²) in [4.78, 5) is 29.0. The van der Waals surface area contributed by atoms with Gasteiger partial charge in [-0.15, -0.1) is 0 Å². The number of carbonyl (C=O) groups is 2. The van der Waals surface area contributed by atoms with Crippen molar-refractivity contribution in [3.63, 3.8) is 0 Å². The van der Waals surface area contributed by atoms with Crippen LogP contribution in [0.1, 0.15) is 29.5 Å². The molecule has 0 saturated carbocycles. The zero-order valence-electron chi connectivity index (χ0n) is 25.3. The Kier molecular flexibility index (Phi) is 10.5. The van der Waals surface area contributed by atoms with Gasteiger partial charge in [-0.25, -0.2) is 4.57 Å². The fourth-order valence-corrected chi connectivity index (χ4v) is 7.26. The fourth-order valence-electron chi connectivity index (χ4n) is 5.42. The molecule has 1 fully saturated rings. The fraction of sp³-hybridized carbons (Fsp3) is 0.229. The molecule has 0 bridgehead atoms. The van der Waals surface area contributed by atoms with E-state index >= 15 is 0 Å². The molecule has 3 atom stereocenters. The molecule has 2 amide bonds. The van der Waals surface area contributed by atoms with Gasteiger partial charge in [-0.3, -0.25) is 15.0 Å². The van der Waals surface area contributed by atoms with Gasteiger partial charge in [0.15, 0.2) is 5.78 Å². The van der Waals surface area contributed by atoms with Crippen molar-refractivity contribution < 1.29 is 23.2 Å². The minimum Gasteiger partial charge on any atom is -0.415 e. The molecule has 4 aromatic carbocycles. The van der Waals surface area contributed by atoms with E-state index in [0.29, 0.717) is 48.4 Å². The lowest BCUT2D eigenvalue weighted by Gasteiger charge is -2.31. The van der Waals surface area contributed by atoms with E-state index in [-0.39, 0.29) is 18.2 Å². The van der Waals surface area contributed by atoms with E-state index in [1.165, 1.54) is 4.90 Å². The highest BCUT2D eigenvalue weighted by Crippen LogP contribution is 2.53. The summed E-state index contributed by atoms with van der Waals surface area (Å²) in [6.07, 6.45) is 1.46. The summed E-state index contributed by atoms with van der Waals surface area (Å²) >= 11 is 0. The molecule has 4 aromatic rings. The Bertz CT molecular complexity index is 1630. The number of hydrogen-bond acceptors (Lipinski definition) is 7. The van der Waals surface area contributed by atoms with Crippen LogP contribution in [0.3, 0.4) is 0 Å². The van der Waals surface area contributed by atoms with Gasteiger partial charge in [0, 0.05) is 18.5 Å². The summed E-state index contributed by atoms with van der Waals surface area (Å²) in [6.45, 7) is 0.384. The first-order valence-electron chi connectivity index (χ1n) is 15.1. The zero-order valence-corrected chi connectivity index (χ0v) is 26.2. The van der Waals surface area contributed by atoms with E-state index in [1.54, 1.807) is 84.9 Å². The molecule has 0 spiro atoms. The largest absolute Gasteiger partial charge is 0.453 e. The van der Waals surface area contributed by atoms with Crippen LogP contribution in [0.5, 0.6) is 11.5 Å². The van der Waals surface area contributed by atoms with Gasteiger partial charge < -0.3 is 30.7 Å². The summed E-state index contributed by atoms with van der Waals surface area (Å²) in [5, 5.41) is 10.7. The van der Waals surface area contributed by atoms with Crippen molar-refractivity contribution in [2.24, 2.45) is 11.5 Å². The number of amides is 2. The highest BCUT2D eigenvalue weighted by molar-refractivity contribution is 7.55. The molecule has 5 rings (SSSR count). The van der Waals surface area contributed by atoms with Crippen LogP contribution in [0.2, 0.25) is 0 Å². The number of nitrogens with zero attached hydrogens (tertiary/aromatic N) is 1. The van der Waals surface area contributed by atoms with Gasteiger partial charge in [0.1, 0.15) is 23.4 Å². The number of para-hydroxylation sites is 2. The molecule has 46 heavy (non-hydrogen) atoms. The van der Waals surface area contributed by atoms with Crippen molar-refractivity contribution in [1.82, 2.24) is 10.2 Å². The van der Waals surface area contributed by atoms with Crippen LogP contribution in [0, 0.1) is 5.41 Å². The molecular weight excluding hydrogens is 601 g/mol. The zero-order chi connectivity index (χ0) is 32.5. The first-order valence-corrected chi connectivity index (χ1v) is 16.8. The monoisotopic (exact) mass is 639 g/mol. The molecule has 0 aromatic heterocycles.